The van der Waals surface area contributed by atoms with E-state index in [1.165, 1.54) is 0 Å². The van der Waals surface area contributed by atoms with Gasteiger partial charge in [0, 0.05) is 24.5 Å². The number of nitrogens with two attached hydrogens (primary N) is 1. The first-order chi connectivity index (χ1) is 10.6. The molecule has 8 heteroatoms. The summed E-state index contributed by atoms with van der Waals surface area (Å²) in [7, 11) is 0. The summed E-state index contributed by atoms with van der Waals surface area (Å²) in [5, 5.41) is 7.38. The van der Waals surface area contributed by atoms with E-state index in [0.717, 1.165) is 24.2 Å². The van der Waals surface area contributed by atoms with E-state index >= 15 is 0 Å². The second kappa shape index (κ2) is 8.46. The van der Waals surface area contributed by atoms with Crippen molar-refractivity contribution < 1.29 is 4.79 Å². The summed E-state index contributed by atoms with van der Waals surface area (Å²) in [6.07, 6.45) is 3.89. The Morgan fingerprint density at radius 1 is 1.38 bits per heavy atom. The summed E-state index contributed by atoms with van der Waals surface area (Å²) in [5.74, 6) is 1.13. The third-order valence-corrected chi connectivity index (χ3v) is 4.00. The first kappa shape index (κ1) is 20.4. The number of carbonyl (C=O) groups excluding carboxylic acids is 1. The van der Waals surface area contributed by atoms with Gasteiger partial charge in [-0.15, -0.1) is 24.8 Å². The van der Waals surface area contributed by atoms with E-state index in [0.29, 0.717) is 23.8 Å². The predicted molar refractivity (Wildman–Crippen MR) is 98.4 cm³/mol. The first-order valence-corrected chi connectivity index (χ1v) is 7.59. The second-order valence-corrected chi connectivity index (χ2v) is 5.90. The van der Waals surface area contributed by atoms with E-state index in [4.69, 9.17) is 5.73 Å². The van der Waals surface area contributed by atoms with Crippen molar-refractivity contribution >= 4 is 30.7 Å². The first-order valence-electron chi connectivity index (χ1n) is 7.59. The molecule has 2 aromatic rings. The molecule has 0 radical (unpaired) electrons. The van der Waals surface area contributed by atoms with E-state index in [-0.39, 0.29) is 36.8 Å². The van der Waals surface area contributed by atoms with Crippen molar-refractivity contribution in [1.82, 2.24) is 20.1 Å². The predicted octanol–water partition coefficient (Wildman–Crippen LogP) is 2.19. The molecule has 1 atom stereocenters. The molecule has 1 fully saturated rings. The molecule has 3 rings (SSSR count). The molecule has 3 N–H and O–H groups in total. The SMILES string of the molecule is Cc1cc(C)n(-c2ccc(C(=O)NC(CN)C3CC3)cn2)n1.Cl.Cl. The van der Waals surface area contributed by atoms with Crippen LogP contribution in [-0.2, 0) is 0 Å². The standard InChI is InChI=1S/C16H21N5O.2ClH/c1-10-7-11(2)21(20-10)15-6-5-13(9-18-15)16(22)19-14(8-17)12-3-4-12;;/h5-7,9,12,14H,3-4,8,17H2,1-2H3,(H,19,22);2*1H. The van der Waals surface area contributed by atoms with E-state index in [1.54, 1.807) is 16.9 Å². The number of nitrogens with zero attached hydrogens (tertiary/aromatic N) is 3. The highest BCUT2D eigenvalue weighted by Gasteiger charge is 2.31. The van der Waals surface area contributed by atoms with Gasteiger partial charge in [0.1, 0.15) is 0 Å². The van der Waals surface area contributed by atoms with Gasteiger partial charge in [0.05, 0.1) is 11.3 Å². The lowest BCUT2D eigenvalue weighted by atomic mass is 10.1. The number of halogens is 2. The Hall–Kier alpha value is -1.63. The minimum absolute atomic E-state index is 0. The average molecular weight is 372 g/mol. The maximum atomic E-state index is 12.2. The van der Waals surface area contributed by atoms with Crippen molar-refractivity contribution in [3.63, 3.8) is 0 Å². The van der Waals surface area contributed by atoms with Crippen LogP contribution in [-0.4, -0.2) is 33.3 Å². The quantitative estimate of drug-likeness (QED) is 0.843. The van der Waals surface area contributed by atoms with Crippen molar-refractivity contribution in [2.45, 2.75) is 32.7 Å². The molecule has 1 aliphatic rings. The van der Waals surface area contributed by atoms with Crippen LogP contribution in [0, 0.1) is 19.8 Å². The lowest BCUT2D eigenvalue weighted by molar-refractivity contribution is 0.0933. The maximum absolute atomic E-state index is 12.2. The fraction of sp³-hybridized carbons (Fsp3) is 0.438. The van der Waals surface area contributed by atoms with Crippen LogP contribution >= 0.6 is 24.8 Å². The van der Waals surface area contributed by atoms with Gasteiger partial charge in [0.25, 0.3) is 5.91 Å². The molecule has 1 amide bonds. The van der Waals surface area contributed by atoms with Gasteiger partial charge >= 0.3 is 0 Å². The average Bonchev–Trinajstić information content (AvgIpc) is 3.29. The van der Waals surface area contributed by atoms with E-state index in [9.17, 15) is 4.79 Å². The molecule has 2 aromatic heterocycles. The van der Waals surface area contributed by atoms with Gasteiger partial charge in [0.15, 0.2) is 5.82 Å². The van der Waals surface area contributed by atoms with Crippen LogP contribution < -0.4 is 11.1 Å². The summed E-state index contributed by atoms with van der Waals surface area (Å²) in [6, 6.07) is 5.64. The fourth-order valence-electron chi connectivity index (χ4n) is 2.63. The van der Waals surface area contributed by atoms with E-state index in [2.05, 4.69) is 15.4 Å². The molecule has 1 aliphatic carbocycles. The molecule has 132 valence electrons. The molecular formula is C16H23Cl2N5O. The summed E-state index contributed by atoms with van der Waals surface area (Å²) in [6.45, 7) is 4.40. The molecular weight excluding hydrogens is 349 g/mol. The van der Waals surface area contributed by atoms with Gasteiger partial charge in [-0.3, -0.25) is 4.79 Å². The Morgan fingerprint density at radius 2 is 2.08 bits per heavy atom. The Kier molecular flexibility index (Phi) is 7.20. The Labute approximate surface area is 154 Å². The van der Waals surface area contributed by atoms with Crippen molar-refractivity contribution in [2.24, 2.45) is 11.7 Å². The largest absolute Gasteiger partial charge is 0.348 e. The Balaban J connectivity index is 0.00000144. The summed E-state index contributed by atoms with van der Waals surface area (Å²) >= 11 is 0. The van der Waals surface area contributed by atoms with Crippen LogP contribution in [0.2, 0.25) is 0 Å². The van der Waals surface area contributed by atoms with Crippen molar-refractivity contribution in [3.8, 4) is 5.82 Å². The van der Waals surface area contributed by atoms with Crippen LogP contribution in [0.4, 0.5) is 0 Å². The molecule has 24 heavy (non-hydrogen) atoms. The number of aryl methyl sites for hydroxylation is 2. The molecule has 1 saturated carbocycles. The van der Waals surface area contributed by atoms with Gasteiger partial charge in [-0.05, 0) is 50.8 Å². The number of carbonyl (C=O) groups is 1. The molecule has 6 nitrogen and oxygen atoms in total. The second-order valence-electron chi connectivity index (χ2n) is 5.90. The van der Waals surface area contributed by atoms with Crippen molar-refractivity contribution in [2.75, 3.05) is 6.54 Å². The third kappa shape index (κ3) is 4.47. The number of pyridine rings is 1. The van der Waals surface area contributed by atoms with Crippen LogP contribution in [0.1, 0.15) is 34.6 Å². The molecule has 1 unspecified atom stereocenters. The fourth-order valence-corrected chi connectivity index (χ4v) is 2.63. The van der Waals surface area contributed by atoms with Crippen LogP contribution in [0.25, 0.3) is 5.82 Å². The number of hydrogen-bond acceptors (Lipinski definition) is 4. The molecule has 0 saturated heterocycles. The zero-order valence-electron chi connectivity index (χ0n) is 13.7. The Morgan fingerprint density at radius 3 is 2.54 bits per heavy atom. The highest BCUT2D eigenvalue weighted by atomic mass is 35.5. The van der Waals surface area contributed by atoms with Crippen LogP contribution in [0.3, 0.4) is 0 Å². The summed E-state index contributed by atoms with van der Waals surface area (Å²) in [5.41, 5.74) is 8.22. The molecule has 2 heterocycles. The number of rotatable bonds is 5. The van der Waals surface area contributed by atoms with Gasteiger partial charge in [-0.1, -0.05) is 0 Å². The van der Waals surface area contributed by atoms with Crippen molar-refractivity contribution in [3.05, 3.63) is 41.3 Å². The van der Waals surface area contributed by atoms with E-state index in [1.807, 2.05) is 26.0 Å². The zero-order valence-corrected chi connectivity index (χ0v) is 15.4. The number of amides is 1. The van der Waals surface area contributed by atoms with Gasteiger partial charge < -0.3 is 11.1 Å². The third-order valence-electron chi connectivity index (χ3n) is 4.00. The highest BCUT2D eigenvalue weighted by molar-refractivity contribution is 5.94. The molecule has 0 bridgehead atoms. The number of nitrogens with one attached hydrogen (secondary N) is 1. The molecule has 0 aromatic carbocycles. The lowest BCUT2D eigenvalue weighted by Crippen LogP contribution is -2.41. The Bertz CT molecular complexity index is 682. The summed E-state index contributed by atoms with van der Waals surface area (Å²) < 4.78 is 1.77. The monoisotopic (exact) mass is 371 g/mol. The van der Waals surface area contributed by atoms with Crippen LogP contribution in [0.15, 0.2) is 24.4 Å². The minimum Gasteiger partial charge on any atom is -0.348 e. The van der Waals surface area contributed by atoms with Crippen molar-refractivity contribution in [1.29, 1.82) is 0 Å². The van der Waals surface area contributed by atoms with Gasteiger partial charge in [-0.2, -0.15) is 5.10 Å². The number of hydrogen-bond donors (Lipinski definition) is 2. The number of aromatic nitrogens is 3. The minimum atomic E-state index is -0.116. The highest BCUT2D eigenvalue weighted by Crippen LogP contribution is 2.32. The summed E-state index contributed by atoms with van der Waals surface area (Å²) in [4.78, 5) is 16.6. The topological polar surface area (TPSA) is 85.8 Å². The zero-order chi connectivity index (χ0) is 15.7. The maximum Gasteiger partial charge on any atom is 0.253 e. The van der Waals surface area contributed by atoms with Crippen LogP contribution in [0.5, 0.6) is 0 Å². The van der Waals surface area contributed by atoms with Gasteiger partial charge in [-0.25, -0.2) is 9.67 Å². The van der Waals surface area contributed by atoms with E-state index < -0.39 is 0 Å². The molecule has 0 spiro atoms. The van der Waals surface area contributed by atoms with Gasteiger partial charge in [0.2, 0.25) is 0 Å². The normalized spacial score (nSPS) is 14.3. The molecule has 0 aliphatic heterocycles. The smallest absolute Gasteiger partial charge is 0.253 e. The lowest BCUT2D eigenvalue weighted by Gasteiger charge is -2.15.